The number of benzene rings is 1. The number of carbonyl (C=O) groups excluding carboxylic acids is 2. The Morgan fingerprint density at radius 3 is 2.42 bits per heavy atom. The van der Waals surface area contributed by atoms with E-state index in [0.29, 0.717) is 11.5 Å². The van der Waals surface area contributed by atoms with E-state index in [9.17, 15) is 9.59 Å². The van der Waals surface area contributed by atoms with Gasteiger partial charge in [0.15, 0.2) is 11.5 Å². The van der Waals surface area contributed by atoms with Crippen LogP contribution in [-0.2, 0) is 14.3 Å². The lowest BCUT2D eigenvalue weighted by molar-refractivity contribution is -0.131. The maximum absolute atomic E-state index is 13.0. The highest BCUT2D eigenvalue weighted by Crippen LogP contribution is 2.35. The van der Waals surface area contributed by atoms with Crippen LogP contribution in [0, 0.1) is 5.92 Å². The quantitative estimate of drug-likeness (QED) is 0.444. The number of imide groups is 1. The monoisotopic (exact) mass is 477 g/mol. The molecule has 7 nitrogen and oxygen atoms in total. The van der Waals surface area contributed by atoms with Crippen LogP contribution >= 0.6 is 22.6 Å². The van der Waals surface area contributed by atoms with E-state index in [4.69, 9.17) is 18.9 Å². The Morgan fingerprint density at radius 1 is 1.23 bits per heavy atom. The number of nitrogens with zero attached hydrogens (tertiary/aromatic N) is 1. The number of methoxy groups -OCH3 is 3. The van der Waals surface area contributed by atoms with Crippen molar-refractivity contribution in [3.05, 3.63) is 23.8 Å². The predicted octanol–water partition coefficient (Wildman–Crippen LogP) is 3.20. The number of cyclic esters (lactones) is 1. The van der Waals surface area contributed by atoms with Crippen molar-refractivity contribution in [3.63, 3.8) is 0 Å². The summed E-state index contributed by atoms with van der Waals surface area (Å²) < 4.78 is 20.6. The minimum atomic E-state index is -0.609. The first-order chi connectivity index (χ1) is 12.3. The fraction of sp³-hybridized carbons (Fsp3) is 0.556. The van der Waals surface area contributed by atoms with Gasteiger partial charge in [-0.15, -0.1) is 0 Å². The van der Waals surface area contributed by atoms with E-state index in [2.05, 4.69) is 0 Å². The van der Waals surface area contributed by atoms with Gasteiger partial charge in [0.25, 0.3) is 0 Å². The highest BCUT2D eigenvalue weighted by molar-refractivity contribution is 14.1. The Balaban J connectivity index is 2.29. The maximum atomic E-state index is 13.0. The molecule has 1 aromatic rings. The van der Waals surface area contributed by atoms with Gasteiger partial charge < -0.3 is 18.9 Å². The van der Waals surface area contributed by atoms with Crippen molar-refractivity contribution in [2.75, 3.05) is 27.9 Å². The molecule has 1 aromatic carbocycles. The molecular weight excluding hydrogens is 453 g/mol. The first kappa shape index (κ1) is 20.8. The molecule has 1 heterocycles. The fourth-order valence-electron chi connectivity index (χ4n) is 2.90. The minimum absolute atomic E-state index is 0.107. The van der Waals surface area contributed by atoms with Crippen LogP contribution in [0.1, 0.15) is 25.5 Å². The number of ether oxygens (including phenoxy) is 4. The van der Waals surface area contributed by atoms with Gasteiger partial charge in [0.2, 0.25) is 5.91 Å². The van der Waals surface area contributed by atoms with Crippen molar-refractivity contribution in [2.45, 2.75) is 29.9 Å². The van der Waals surface area contributed by atoms with Gasteiger partial charge in [-0.2, -0.15) is 0 Å². The normalized spacial score (nSPS) is 19.3. The topological polar surface area (TPSA) is 74.3 Å². The van der Waals surface area contributed by atoms with E-state index in [0.717, 1.165) is 5.56 Å². The lowest BCUT2D eigenvalue weighted by atomic mass is 10.0. The molecule has 26 heavy (non-hydrogen) atoms. The molecule has 2 amide bonds. The van der Waals surface area contributed by atoms with Crippen LogP contribution in [0.2, 0.25) is 0 Å². The van der Waals surface area contributed by atoms with Gasteiger partial charge in [-0.3, -0.25) is 4.79 Å². The first-order valence-electron chi connectivity index (χ1n) is 8.24. The van der Waals surface area contributed by atoms with Crippen LogP contribution in [0.3, 0.4) is 0 Å². The summed E-state index contributed by atoms with van der Waals surface area (Å²) in [5, 5.41) is 0. The van der Waals surface area contributed by atoms with Crippen molar-refractivity contribution in [3.8, 4) is 11.5 Å². The standard InChI is InChI=1S/C18H24INO6/c1-10(2)12-9-26-18(22)20(12)17(21)15(19)16(25-5)11-6-7-13(23-3)14(8-11)24-4/h6-8,10,12,15-16H,9H2,1-5H3/t12-,15-,16-/m1/s1. The largest absolute Gasteiger partial charge is 0.493 e. The zero-order valence-electron chi connectivity index (χ0n) is 15.5. The van der Waals surface area contributed by atoms with Gasteiger partial charge in [0.05, 0.1) is 20.3 Å². The van der Waals surface area contributed by atoms with Crippen molar-refractivity contribution in [2.24, 2.45) is 5.92 Å². The molecule has 0 N–H and O–H groups in total. The van der Waals surface area contributed by atoms with Gasteiger partial charge in [-0.25, -0.2) is 9.69 Å². The zero-order chi connectivity index (χ0) is 19.4. The van der Waals surface area contributed by atoms with Gasteiger partial charge in [-0.05, 0) is 23.6 Å². The van der Waals surface area contributed by atoms with Crippen LogP contribution in [0.4, 0.5) is 4.79 Å². The molecule has 0 saturated carbocycles. The number of amides is 2. The maximum Gasteiger partial charge on any atom is 0.417 e. The molecule has 0 unspecified atom stereocenters. The molecule has 0 aliphatic carbocycles. The predicted molar refractivity (Wildman–Crippen MR) is 104 cm³/mol. The van der Waals surface area contributed by atoms with E-state index in [1.54, 1.807) is 26.4 Å². The number of alkyl halides is 1. The highest BCUT2D eigenvalue weighted by atomic mass is 127. The number of halogens is 1. The fourth-order valence-corrected chi connectivity index (χ4v) is 3.91. The lowest BCUT2D eigenvalue weighted by Gasteiger charge is -2.28. The second-order valence-corrected chi connectivity index (χ2v) is 7.61. The van der Waals surface area contributed by atoms with E-state index in [-0.39, 0.29) is 24.5 Å². The van der Waals surface area contributed by atoms with E-state index in [1.165, 1.54) is 12.0 Å². The van der Waals surface area contributed by atoms with Crippen LogP contribution in [-0.4, -0.2) is 54.8 Å². The molecule has 1 saturated heterocycles. The molecule has 1 aliphatic rings. The van der Waals surface area contributed by atoms with Gasteiger partial charge in [0.1, 0.15) is 16.6 Å². The third-order valence-electron chi connectivity index (χ3n) is 4.40. The first-order valence-corrected chi connectivity index (χ1v) is 9.48. The number of rotatable bonds is 7. The molecule has 0 radical (unpaired) electrons. The zero-order valence-corrected chi connectivity index (χ0v) is 17.7. The van der Waals surface area contributed by atoms with Crippen LogP contribution in [0.5, 0.6) is 11.5 Å². The molecule has 2 rings (SSSR count). The second-order valence-electron chi connectivity index (χ2n) is 6.27. The molecule has 0 aromatic heterocycles. The third kappa shape index (κ3) is 4.06. The lowest BCUT2D eigenvalue weighted by Crippen LogP contribution is -2.46. The SMILES string of the molecule is COc1ccc([C@@H](OC)[C@@H](I)C(=O)N2C(=O)OC[C@@H]2C(C)C)cc1OC. The molecule has 0 bridgehead atoms. The second kappa shape index (κ2) is 8.90. The molecule has 144 valence electrons. The summed E-state index contributed by atoms with van der Waals surface area (Å²) in [6.45, 7) is 4.13. The van der Waals surface area contributed by atoms with E-state index in [1.807, 2.05) is 42.5 Å². The van der Waals surface area contributed by atoms with Crippen LogP contribution in [0.25, 0.3) is 0 Å². The van der Waals surface area contributed by atoms with Crippen LogP contribution in [0.15, 0.2) is 18.2 Å². The summed E-state index contributed by atoms with van der Waals surface area (Å²) in [7, 11) is 4.63. The summed E-state index contributed by atoms with van der Waals surface area (Å²) >= 11 is 2.01. The summed E-state index contributed by atoms with van der Waals surface area (Å²) in [6.07, 6.45) is -1.15. The van der Waals surface area contributed by atoms with Crippen molar-refractivity contribution >= 4 is 34.6 Å². The number of carbonyl (C=O) groups is 2. The molecule has 3 atom stereocenters. The molecule has 0 spiro atoms. The third-order valence-corrected chi connectivity index (χ3v) is 5.59. The Morgan fingerprint density at radius 2 is 1.88 bits per heavy atom. The Hall–Kier alpha value is -1.55. The summed E-state index contributed by atoms with van der Waals surface area (Å²) in [5.74, 6) is 0.915. The minimum Gasteiger partial charge on any atom is -0.493 e. The Bertz CT molecular complexity index is 665. The van der Waals surface area contributed by atoms with Gasteiger partial charge >= 0.3 is 6.09 Å². The molecule has 8 heteroatoms. The smallest absolute Gasteiger partial charge is 0.417 e. The van der Waals surface area contributed by atoms with Crippen molar-refractivity contribution in [1.29, 1.82) is 0 Å². The molecule has 1 fully saturated rings. The Labute approximate surface area is 167 Å². The van der Waals surface area contributed by atoms with Crippen molar-refractivity contribution < 1.29 is 28.5 Å². The average molecular weight is 477 g/mol. The number of hydrogen-bond donors (Lipinski definition) is 0. The average Bonchev–Trinajstić information content (AvgIpc) is 3.03. The number of hydrogen-bond acceptors (Lipinski definition) is 6. The Kier molecular flexibility index (Phi) is 7.10. The molecule has 1 aliphatic heterocycles. The van der Waals surface area contributed by atoms with Crippen molar-refractivity contribution in [1.82, 2.24) is 4.90 Å². The highest BCUT2D eigenvalue weighted by Gasteiger charge is 2.43. The summed E-state index contributed by atoms with van der Waals surface area (Å²) in [4.78, 5) is 26.3. The van der Waals surface area contributed by atoms with Gasteiger partial charge in [-0.1, -0.05) is 42.5 Å². The van der Waals surface area contributed by atoms with Gasteiger partial charge in [0, 0.05) is 7.11 Å². The summed E-state index contributed by atoms with van der Waals surface area (Å²) in [5.41, 5.74) is 0.756. The molecular formula is C18H24INO6. The van der Waals surface area contributed by atoms with E-state index < -0.39 is 16.1 Å². The van der Waals surface area contributed by atoms with Crippen LogP contribution < -0.4 is 9.47 Å². The summed E-state index contributed by atoms with van der Waals surface area (Å²) in [6, 6.07) is 5.08. The van der Waals surface area contributed by atoms with E-state index >= 15 is 0 Å².